The fraction of sp³-hybridized carbons (Fsp3) is 0.500. The quantitative estimate of drug-likeness (QED) is 0.755. The second kappa shape index (κ2) is 10.1. The summed E-state index contributed by atoms with van der Waals surface area (Å²) >= 11 is 0. The standard InChI is InChI=1S/C18H25N3O4.ClH/c1-3-25-18(24)14-8-10-21(11-9-14)17(23)13-4-6-15(7-5-13)20-16(22)12(2)19;/h4-7,12,14H,3,8-11,19H2,1-2H3,(H,20,22);1H/t12-;/m0./s1. The van der Waals surface area contributed by atoms with E-state index in [1.165, 1.54) is 0 Å². The second-order valence-electron chi connectivity index (χ2n) is 6.17. The first-order valence-corrected chi connectivity index (χ1v) is 8.54. The van der Waals surface area contributed by atoms with Crippen molar-refractivity contribution < 1.29 is 19.1 Å². The second-order valence-corrected chi connectivity index (χ2v) is 6.17. The van der Waals surface area contributed by atoms with Gasteiger partial charge in [0.1, 0.15) is 0 Å². The van der Waals surface area contributed by atoms with Crippen LogP contribution in [0.25, 0.3) is 0 Å². The van der Waals surface area contributed by atoms with Crippen molar-refractivity contribution in [2.24, 2.45) is 11.7 Å². The summed E-state index contributed by atoms with van der Waals surface area (Å²) in [4.78, 5) is 37.6. The number of amides is 2. The predicted molar refractivity (Wildman–Crippen MR) is 101 cm³/mol. The summed E-state index contributed by atoms with van der Waals surface area (Å²) < 4.78 is 5.04. The van der Waals surface area contributed by atoms with Crippen LogP contribution in [0.4, 0.5) is 5.69 Å². The fourth-order valence-corrected chi connectivity index (χ4v) is 2.71. The van der Waals surface area contributed by atoms with E-state index in [0.717, 1.165) is 0 Å². The smallest absolute Gasteiger partial charge is 0.309 e. The van der Waals surface area contributed by atoms with Crippen molar-refractivity contribution in [3.63, 3.8) is 0 Å². The molecule has 1 atom stereocenters. The van der Waals surface area contributed by atoms with Crippen LogP contribution in [0, 0.1) is 5.92 Å². The minimum atomic E-state index is -0.595. The highest BCUT2D eigenvalue weighted by Gasteiger charge is 2.28. The average molecular weight is 384 g/mol. The minimum Gasteiger partial charge on any atom is -0.466 e. The van der Waals surface area contributed by atoms with Crippen LogP contribution in [0.1, 0.15) is 37.0 Å². The van der Waals surface area contributed by atoms with E-state index in [-0.39, 0.29) is 36.1 Å². The van der Waals surface area contributed by atoms with Crippen LogP contribution in [0.3, 0.4) is 0 Å². The summed E-state index contributed by atoms with van der Waals surface area (Å²) in [5, 5.41) is 2.68. The van der Waals surface area contributed by atoms with Crippen LogP contribution in [0.15, 0.2) is 24.3 Å². The first kappa shape index (κ1) is 21.9. The van der Waals surface area contributed by atoms with Crippen molar-refractivity contribution in [3.05, 3.63) is 29.8 Å². The van der Waals surface area contributed by atoms with Gasteiger partial charge in [-0.2, -0.15) is 0 Å². The maximum atomic E-state index is 12.5. The van der Waals surface area contributed by atoms with Gasteiger partial charge < -0.3 is 20.7 Å². The molecule has 0 bridgehead atoms. The number of ether oxygens (including phenoxy) is 1. The van der Waals surface area contributed by atoms with Crippen molar-refractivity contribution in [1.82, 2.24) is 4.90 Å². The molecule has 144 valence electrons. The van der Waals surface area contributed by atoms with Crippen molar-refractivity contribution in [2.75, 3.05) is 25.0 Å². The Balaban J connectivity index is 0.00000338. The van der Waals surface area contributed by atoms with E-state index in [1.807, 2.05) is 0 Å². The Hall–Kier alpha value is -2.12. The number of nitrogens with two attached hydrogens (primary N) is 1. The average Bonchev–Trinajstić information content (AvgIpc) is 2.62. The molecule has 8 heteroatoms. The SMILES string of the molecule is CCOC(=O)C1CCN(C(=O)c2ccc(NC(=O)[C@H](C)N)cc2)CC1.Cl. The number of benzene rings is 1. The lowest BCUT2D eigenvalue weighted by atomic mass is 9.96. The maximum Gasteiger partial charge on any atom is 0.309 e. The Kier molecular flexibility index (Phi) is 8.54. The van der Waals surface area contributed by atoms with Gasteiger partial charge in [0.2, 0.25) is 5.91 Å². The number of carbonyl (C=O) groups is 3. The van der Waals surface area contributed by atoms with Gasteiger partial charge in [0.05, 0.1) is 18.6 Å². The molecule has 1 aromatic carbocycles. The molecule has 2 rings (SSSR count). The number of nitrogens with one attached hydrogen (secondary N) is 1. The van der Waals surface area contributed by atoms with Gasteiger partial charge in [-0.25, -0.2) is 0 Å². The lowest BCUT2D eigenvalue weighted by Crippen LogP contribution is -2.40. The molecule has 1 fully saturated rings. The van der Waals surface area contributed by atoms with Crippen LogP contribution in [0.2, 0.25) is 0 Å². The van der Waals surface area contributed by atoms with Crippen LogP contribution in [0.5, 0.6) is 0 Å². The van der Waals surface area contributed by atoms with E-state index < -0.39 is 6.04 Å². The van der Waals surface area contributed by atoms with Crippen molar-refractivity contribution in [3.8, 4) is 0 Å². The van der Waals surface area contributed by atoms with Crippen molar-refractivity contribution in [1.29, 1.82) is 0 Å². The number of nitrogens with zero attached hydrogens (tertiary/aromatic N) is 1. The lowest BCUT2D eigenvalue weighted by Gasteiger charge is -2.31. The molecule has 0 spiro atoms. The van der Waals surface area contributed by atoms with Gasteiger partial charge in [-0.15, -0.1) is 12.4 Å². The summed E-state index contributed by atoms with van der Waals surface area (Å²) in [6, 6.07) is 6.12. The summed E-state index contributed by atoms with van der Waals surface area (Å²) in [6.07, 6.45) is 1.24. The molecule has 0 radical (unpaired) electrons. The van der Waals surface area contributed by atoms with Gasteiger partial charge in [-0.1, -0.05) is 0 Å². The van der Waals surface area contributed by atoms with E-state index in [1.54, 1.807) is 43.0 Å². The predicted octanol–water partition coefficient (Wildman–Crippen LogP) is 1.81. The highest BCUT2D eigenvalue weighted by molar-refractivity contribution is 5.97. The fourth-order valence-electron chi connectivity index (χ4n) is 2.71. The molecular weight excluding hydrogens is 358 g/mol. The zero-order valence-electron chi connectivity index (χ0n) is 15.1. The van der Waals surface area contributed by atoms with Gasteiger partial charge in [-0.3, -0.25) is 14.4 Å². The molecule has 0 saturated carbocycles. The molecule has 0 aromatic heterocycles. The Morgan fingerprint density at radius 2 is 1.81 bits per heavy atom. The van der Waals surface area contributed by atoms with Crippen LogP contribution in [-0.2, 0) is 14.3 Å². The molecule has 3 N–H and O–H groups in total. The van der Waals surface area contributed by atoms with E-state index in [4.69, 9.17) is 10.5 Å². The number of likely N-dealkylation sites (tertiary alicyclic amines) is 1. The molecule has 1 aliphatic rings. The third kappa shape index (κ3) is 5.71. The van der Waals surface area contributed by atoms with Crippen molar-refractivity contribution >= 4 is 35.9 Å². The molecule has 0 unspecified atom stereocenters. The zero-order valence-corrected chi connectivity index (χ0v) is 15.9. The summed E-state index contributed by atoms with van der Waals surface area (Å²) in [6.45, 7) is 4.84. The summed E-state index contributed by atoms with van der Waals surface area (Å²) in [5.74, 6) is -0.656. The Morgan fingerprint density at radius 1 is 1.23 bits per heavy atom. The van der Waals surface area contributed by atoms with Gasteiger partial charge in [0, 0.05) is 24.3 Å². The third-order valence-corrected chi connectivity index (χ3v) is 4.22. The third-order valence-electron chi connectivity index (χ3n) is 4.22. The molecule has 1 heterocycles. The number of halogens is 1. The Morgan fingerprint density at radius 3 is 2.31 bits per heavy atom. The van der Waals surface area contributed by atoms with E-state index in [2.05, 4.69) is 5.32 Å². The number of carbonyl (C=O) groups excluding carboxylic acids is 3. The molecule has 26 heavy (non-hydrogen) atoms. The van der Waals surface area contributed by atoms with Crippen LogP contribution in [-0.4, -0.2) is 48.4 Å². The molecule has 2 amide bonds. The summed E-state index contributed by atoms with van der Waals surface area (Å²) in [7, 11) is 0. The van der Waals surface area contributed by atoms with E-state index >= 15 is 0 Å². The number of hydrogen-bond donors (Lipinski definition) is 2. The normalized spacial score (nSPS) is 15.6. The molecule has 1 saturated heterocycles. The van der Waals surface area contributed by atoms with E-state index in [0.29, 0.717) is 43.8 Å². The minimum absolute atomic E-state index is 0. The van der Waals surface area contributed by atoms with Gasteiger partial charge in [0.25, 0.3) is 5.91 Å². The molecule has 1 aromatic rings. The Bertz CT molecular complexity index is 626. The van der Waals surface area contributed by atoms with Gasteiger partial charge >= 0.3 is 5.97 Å². The first-order valence-electron chi connectivity index (χ1n) is 8.54. The number of esters is 1. The number of anilines is 1. The van der Waals surface area contributed by atoms with Gasteiger partial charge in [-0.05, 0) is 51.0 Å². The highest BCUT2D eigenvalue weighted by Crippen LogP contribution is 2.21. The topological polar surface area (TPSA) is 102 Å². The van der Waals surface area contributed by atoms with Crippen LogP contribution >= 0.6 is 12.4 Å². The summed E-state index contributed by atoms with van der Waals surface area (Å²) in [5.41, 5.74) is 6.65. The zero-order chi connectivity index (χ0) is 18.4. The molecule has 7 nitrogen and oxygen atoms in total. The molecular formula is C18H26ClN3O4. The molecule has 0 aliphatic carbocycles. The number of rotatable bonds is 5. The number of piperidine rings is 1. The lowest BCUT2D eigenvalue weighted by molar-refractivity contribution is -0.149. The monoisotopic (exact) mass is 383 g/mol. The first-order chi connectivity index (χ1) is 11.9. The van der Waals surface area contributed by atoms with E-state index in [9.17, 15) is 14.4 Å². The van der Waals surface area contributed by atoms with Crippen LogP contribution < -0.4 is 11.1 Å². The Labute approximate surface area is 159 Å². The van der Waals surface area contributed by atoms with Crippen molar-refractivity contribution in [2.45, 2.75) is 32.7 Å². The van der Waals surface area contributed by atoms with Gasteiger partial charge in [0.15, 0.2) is 0 Å². The maximum absolute atomic E-state index is 12.5. The highest BCUT2D eigenvalue weighted by atomic mass is 35.5. The molecule has 1 aliphatic heterocycles. The number of hydrogen-bond acceptors (Lipinski definition) is 5. The largest absolute Gasteiger partial charge is 0.466 e.